The number of ether oxygens (including phenoxy) is 1. The minimum Gasteiger partial charge on any atom is -0.482 e. The summed E-state index contributed by atoms with van der Waals surface area (Å²) in [5, 5.41) is 7.79. The molecule has 3 aromatic carbocycles. The van der Waals surface area contributed by atoms with Gasteiger partial charge in [-0.1, -0.05) is 53.0 Å². The number of hydrogen-bond donors (Lipinski definition) is 2. The molecule has 0 heterocycles. The largest absolute Gasteiger partial charge is 0.482 e. The van der Waals surface area contributed by atoms with Crippen LogP contribution in [0, 0.1) is 13.8 Å². The van der Waals surface area contributed by atoms with E-state index < -0.39 is 0 Å². The summed E-state index contributed by atoms with van der Waals surface area (Å²) >= 11 is 18.5. The quantitative estimate of drug-likeness (QED) is 0.401. The van der Waals surface area contributed by atoms with Crippen LogP contribution in [-0.4, -0.2) is 12.5 Å². The first kappa shape index (κ1) is 22.3. The number of benzene rings is 3. The maximum atomic E-state index is 12.1. The molecule has 0 spiro atoms. The van der Waals surface area contributed by atoms with Gasteiger partial charge < -0.3 is 15.4 Å². The molecule has 3 rings (SSSR count). The molecule has 0 aliphatic carbocycles. The Balaban J connectivity index is 1.53. The maximum absolute atomic E-state index is 12.1. The predicted molar refractivity (Wildman–Crippen MR) is 125 cm³/mol. The van der Waals surface area contributed by atoms with E-state index in [0.717, 1.165) is 22.4 Å². The van der Waals surface area contributed by atoms with E-state index in [1.54, 1.807) is 24.3 Å². The second-order valence-corrected chi connectivity index (χ2v) is 8.10. The molecule has 0 aliphatic rings. The highest BCUT2D eigenvalue weighted by molar-refractivity contribution is 6.32. The van der Waals surface area contributed by atoms with Gasteiger partial charge in [0.25, 0.3) is 5.91 Å². The molecule has 0 aromatic heterocycles. The molecule has 0 unspecified atom stereocenters. The molecule has 2 N–H and O–H groups in total. The zero-order valence-electron chi connectivity index (χ0n) is 16.6. The first-order valence-corrected chi connectivity index (χ1v) is 10.4. The van der Waals surface area contributed by atoms with E-state index in [0.29, 0.717) is 33.0 Å². The van der Waals surface area contributed by atoms with Crippen LogP contribution in [0.15, 0.2) is 54.6 Å². The molecule has 0 fully saturated rings. The summed E-state index contributed by atoms with van der Waals surface area (Å²) in [5.41, 5.74) is 4.49. The van der Waals surface area contributed by atoms with Gasteiger partial charge >= 0.3 is 0 Å². The second-order valence-electron chi connectivity index (χ2n) is 6.88. The van der Waals surface area contributed by atoms with Crippen LogP contribution < -0.4 is 15.4 Å². The topological polar surface area (TPSA) is 50.4 Å². The molecule has 0 saturated carbocycles. The normalized spacial score (nSPS) is 10.6. The highest BCUT2D eigenvalue weighted by Gasteiger charge is 2.08. The molecule has 30 heavy (non-hydrogen) atoms. The monoisotopic (exact) mass is 462 g/mol. The van der Waals surface area contributed by atoms with Crippen LogP contribution in [0.5, 0.6) is 5.75 Å². The average Bonchev–Trinajstić information content (AvgIpc) is 2.71. The highest BCUT2D eigenvalue weighted by atomic mass is 35.5. The van der Waals surface area contributed by atoms with Crippen LogP contribution in [0.1, 0.15) is 16.7 Å². The summed E-state index contributed by atoms with van der Waals surface area (Å²) in [4.78, 5) is 12.1. The molecule has 0 bridgehead atoms. The summed E-state index contributed by atoms with van der Waals surface area (Å²) < 4.78 is 5.56. The molecule has 156 valence electrons. The fourth-order valence-corrected chi connectivity index (χ4v) is 3.31. The van der Waals surface area contributed by atoms with Crippen molar-refractivity contribution in [3.8, 4) is 5.75 Å². The van der Waals surface area contributed by atoms with Gasteiger partial charge in [0.1, 0.15) is 5.75 Å². The Morgan fingerprint density at radius 1 is 0.833 bits per heavy atom. The lowest BCUT2D eigenvalue weighted by Crippen LogP contribution is -2.20. The van der Waals surface area contributed by atoms with E-state index in [9.17, 15) is 4.79 Å². The smallest absolute Gasteiger partial charge is 0.262 e. The van der Waals surface area contributed by atoms with Crippen molar-refractivity contribution in [1.82, 2.24) is 0 Å². The zero-order valence-corrected chi connectivity index (χ0v) is 18.8. The number of carbonyl (C=O) groups is 1. The summed E-state index contributed by atoms with van der Waals surface area (Å²) in [5.74, 6) is 0.142. The lowest BCUT2D eigenvalue weighted by molar-refractivity contribution is -0.118. The fourth-order valence-electron chi connectivity index (χ4n) is 2.69. The van der Waals surface area contributed by atoms with Crippen molar-refractivity contribution < 1.29 is 9.53 Å². The van der Waals surface area contributed by atoms with Crippen molar-refractivity contribution in [2.75, 3.05) is 17.2 Å². The van der Waals surface area contributed by atoms with Crippen LogP contribution >= 0.6 is 34.8 Å². The van der Waals surface area contributed by atoms with E-state index in [1.807, 2.05) is 44.2 Å². The van der Waals surface area contributed by atoms with Crippen LogP contribution in [0.3, 0.4) is 0 Å². The van der Waals surface area contributed by atoms with Crippen molar-refractivity contribution >= 4 is 52.1 Å². The van der Waals surface area contributed by atoms with Crippen LogP contribution in [0.25, 0.3) is 0 Å². The number of anilines is 2. The van der Waals surface area contributed by atoms with Crippen LogP contribution in [-0.2, 0) is 11.3 Å². The van der Waals surface area contributed by atoms with Crippen molar-refractivity contribution in [1.29, 1.82) is 0 Å². The van der Waals surface area contributed by atoms with Crippen molar-refractivity contribution in [2.24, 2.45) is 0 Å². The lowest BCUT2D eigenvalue weighted by atomic mass is 10.2. The average molecular weight is 464 g/mol. The molecular weight excluding hydrogens is 443 g/mol. The van der Waals surface area contributed by atoms with Crippen LogP contribution in [0.2, 0.25) is 15.1 Å². The summed E-state index contributed by atoms with van der Waals surface area (Å²) in [6.45, 7) is 4.27. The Kier molecular flexibility index (Phi) is 7.48. The summed E-state index contributed by atoms with van der Waals surface area (Å²) in [7, 11) is 0. The van der Waals surface area contributed by atoms with E-state index in [2.05, 4.69) is 10.6 Å². The Bertz CT molecular complexity index is 1070. The third-order valence-electron chi connectivity index (χ3n) is 4.48. The maximum Gasteiger partial charge on any atom is 0.262 e. The zero-order chi connectivity index (χ0) is 21.7. The minimum absolute atomic E-state index is 0.162. The van der Waals surface area contributed by atoms with Crippen LogP contribution in [0.4, 0.5) is 11.4 Å². The molecular formula is C23H21Cl3N2O2. The number of rotatable bonds is 7. The van der Waals surface area contributed by atoms with Crippen molar-refractivity contribution in [3.05, 3.63) is 86.4 Å². The molecule has 0 saturated heterocycles. The number of halogens is 3. The van der Waals surface area contributed by atoms with Gasteiger partial charge in [-0.2, -0.15) is 0 Å². The van der Waals surface area contributed by atoms with E-state index >= 15 is 0 Å². The molecule has 0 aliphatic heterocycles. The Hall–Kier alpha value is -2.40. The molecule has 1 amide bonds. The first-order valence-electron chi connectivity index (χ1n) is 9.29. The van der Waals surface area contributed by atoms with Gasteiger partial charge in [-0.25, -0.2) is 0 Å². The van der Waals surface area contributed by atoms with Gasteiger partial charge in [-0.05, 0) is 66.9 Å². The molecule has 0 atom stereocenters. The minimum atomic E-state index is -0.298. The number of nitrogens with one attached hydrogen (secondary N) is 2. The van der Waals surface area contributed by atoms with E-state index in [1.165, 1.54) is 0 Å². The molecule has 7 heteroatoms. The third-order valence-corrected chi connectivity index (χ3v) is 5.59. The third kappa shape index (κ3) is 6.05. The van der Waals surface area contributed by atoms with Gasteiger partial charge in [-0.15, -0.1) is 0 Å². The van der Waals surface area contributed by atoms with Crippen molar-refractivity contribution in [2.45, 2.75) is 20.4 Å². The number of carbonyl (C=O) groups excluding carboxylic acids is 1. The van der Waals surface area contributed by atoms with Gasteiger partial charge in [0, 0.05) is 28.0 Å². The molecule has 3 aromatic rings. The molecule has 0 radical (unpaired) electrons. The summed E-state index contributed by atoms with van der Waals surface area (Å²) in [6, 6.07) is 16.6. The number of amides is 1. The van der Waals surface area contributed by atoms with Crippen molar-refractivity contribution in [3.63, 3.8) is 0 Å². The Labute approximate surface area is 191 Å². The Morgan fingerprint density at radius 3 is 2.10 bits per heavy atom. The SMILES string of the molecule is Cc1ccc(NCc2ccc(OCC(=O)Nc3ccc(C)c(Cl)c3)c(Cl)c2)cc1Cl. The standard InChI is InChI=1S/C23H21Cl3N2O2/c1-14-3-6-17(10-19(14)24)27-12-16-5-8-22(21(26)9-16)30-13-23(29)28-18-7-4-15(2)20(25)11-18/h3-11,27H,12-13H2,1-2H3,(H,28,29). The van der Waals surface area contributed by atoms with Gasteiger partial charge in [-0.3, -0.25) is 4.79 Å². The second kappa shape index (κ2) is 10.1. The number of aryl methyl sites for hydroxylation is 2. The van der Waals surface area contributed by atoms with E-state index in [-0.39, 0.29) is 12.5 Å². The van der Waals surface area contributed by atoms with Gasteiger partial charge in [0.15, 0.2) is 6.61 Å². The highest BCUT2D eigenvalue weighted by Crippen LogP contribution is 2.27. The predicted octanol–water partition coefficient (Wildman–Crippen LogP) is 6.89. The fraction of sp³-hybridized carbons (Fsp3) is 0.174. The lowest BCUT2D eigenvalue weighted by Gasteiger charge is -2.12. The first-order chi connectivity index (χ1) is 14.3. The van der Waals surface area contributed by atoms with E-state index in [4.69, 9.17) is 39.5 Å². The number of hydrogen-bond acceptors (Lipinski definition) is 3. The Morgan fingerprint density at radius 2 is 1.47 bits per heavy atom. The molecule has 4 nitrogen and oxygen atoms in total. The van der Waals surface area contributed by atoms with Gasteiger partial charge in [0.05, 0.1) is 5.02 Å². The summed E-state index contributed by atoms with van der Waals surface area (Å²) in [6.07, 6.45) is 0. The van der Waals surface area contributed by atoms with Gasteiger partial charge in [0.2, 0.25) is 0 Å².